The number of fused-ring (bicyclic) bond motifs is 1. The Hall–Kier alpha value is -4.79. The Balaban J connectivity index is 1.12. The fourth-order valence-electron chi connectivity index (χ4n) is 5.23. The van der Waals surface area contributed by atoms with Crippen LogP contribution in [0, 0.1) is 17.1 Å². The summed E-state index contributed by atoms with van der Waals surface area (Å²) >= 11 is 0. The fourth-order valence-corrected chi connectivity index (χ4v) is 5.23. The molecule has 0 aliphatic carbocycles. The molecule has 0 spiro atoms. The van der Waals surface area contributed by atoms with Gasteiger partial charge in [0.05, 0.1) is 47.4 Å². The van der Waals surface area contributed by atoms with Gasteiger partial charge in [0, 0.05) is 38.3 Å². The van der Waals surface area contributed by atoms with Gasteiger partial charge in [0.1, 0.15) is 11.6 Å². The second kappa shape index (κ2) is 11.6. The van der Waals surface area contributed by atoms with Crippen LogP contribution in [0.1, 0.15) is 38.5 Å². The molecule has 1 N–H and O–H groups in total. The number of hydrogen-bond acceptors (Lipinski definition) is 7. The van der Waals surface area contributed by atoms with E-state index in [1.807, 2.05) is 6.07 Å². The van der Waals surface area contributed by atoms with Crippen molar-refractivity contribution in [1.29, 1.82) is 5.26 Å². The lowest BCUT2D eigenvalue weighted by atomic mass is 10.1. The van der Waals surface area contributed by atoms with Crippen LogP contribution in [0.4, 0.5) is 4.39 Å². The standard InChI is InChI=1S/C31H28FN5O5/c32-25-14-20(17-33)4-7-28(25)42-23-3-1-2-21(15-23)30(38)36-11-9-35(10-12-36)19-29-34-26-6-5-22(31(39)40)16-27(26)37(29)18-24-8-13-41-24/h1-7,14-16,24H,8-13,18-19H2,(H,39,40)/t24-/m0/s1. The molecule has 1 aromatic heterocycles. The third-order valence-electron chi connectivity index (χ3n) is 7.65. The molecular weight excluding hydrogens is 541 g/mol. The van der Waals surface area contributed by atoms with E-state index in [0.29, 0.717) is 50.6 Å². The van der Waals surface area contributed by atoms with Crippen LogP contribution in [-0.4, -0.2) is 75.2 Å². The van der Waals surface area contributed by atoms with Crippen LogP contribution in [-0.2, 0) is 17.8 Å². The van der Waals surface area contributed by atoms with Crippen molar-refractivity contribution in [2.24, 2.45) is 0 Å². The van der Waals surface area contributed by atoms with Crippen LogP contribution >= 0.6 is 0 Å². The normalized spacial score (nSPS) is 17.0. The molecule has 2 aliphatic rings. The van der Waals surface area contributed by atoms with E-state index in [0.717, 1.165) is 36.0 Å². The van der Waals surface area contributed by atoms with Gasteiger partial charge in [-0.05, 0) is 61.0 Å². The van der Waals surface area contributed by atoms with E-state index >= 15 is 0 Å². The fraction of sp³-hybridized carbons (Fsp3) is 0.290. The average Bonchev–Trinajstić information content (AvgIpc) is 3.31. The number of carboxylic acids is 1. The zero-order valence-corrected chi connectivity index (χ0v) is 22.7. The molecule has 3 aromatic carbocycles. The zero-order chi connectivity index (χ0) is 29.2. The molecule has 2 aliphatic heterocycles. The number of aromatic nitrogens is 2. The molecule has 2 fully saturated rings. The summed E-state index contributed by atoms with van der Waals surface area (Å²) in [6, 6.07) is 17.4. The number of carbonyl (C=O) groups excluding carboxylic acids is 1. The molecule has 0 radical (unpaired) electrons. The minimum absolute atomic E-state index is 0.0266. The number of carboxylic acid groups (broad SMARTS) is 1. The smallest absolute Gasteiger partial charge is 0.335 e. The number of carbonyl (C=O) groups is 2. The topological polar surface area (TPSA) is 121 Å². The molecular formula is C31H28FN5O5. The van der Waals surface area contributed by atoms with E-state index in [-0.39, 0.29) is 28.9 Å². The molecule has 1 amide bonds. The first-order chi connectivity index (χ1) is 20.4. The van der Waals surface area contributed by atoms with Crippen molar-refractivity contribution in [3.8, 4) is 17.6 Å². The van der Waals surface area contributed by atoms with Crippen LogP contribution in [0.2, 0.25) is 0 Å². The third-order valence-corrected chi connectivity index (χ3v) is 7.65. The van der Waals surface area contributed by atoms with Gasteiger partial charge >= 0.3 is 5.97 Å². The highest BCUT2D eigenvalue weighted by molar-refractivity contribution is 5.95. The Bertz CT molecular complexity index is 1700. The van der Waals surface area contributed by atoms with Crippen molar-refractivity contribution in [2.75, 3.05) is 32.8 Å². The van der Waals surface area contributed by atoms with Gasteiger partial charge in [0.15, 0.2) is 11.6 Å². The number of nitrogens with zero attached hydrogens (tertiary/aromatic N) is 5. The predicted molar refractivity (Wildman–Crippen MR) is 150 cm³/mol. The highest BCUT2D eigenvalue weighted by Gasteiger charge is 2.26. The number of ether oxygens (including phenoxy) is 2. The molecule has 1 atom stereocenters. The maximum absolute atomic E-state index is 14.3. The van der Waals surface area contributed by atoms with Crippen molar-refractivity contribution in [3.05, 3.63) is 89.0 Å². The molecule has 3 heterocycles. The van der Waals surface area contributed by atoms with Crippen molar-refractivity contribution >= 4 is 22.9 Å². The largest absolute Gasteiger partial charge is 0.478 e. The molecule has 6 rings (SSSR count). The van der Waals surface area contributed by atoms with Gasteiger partial charge in [-0.3, -0.25) is 9.69 Å². The third kappa shape index (κ3) is 5.68. The minimum atomic E-state index is -0.981. The Morgan fingerprint density at radius 3 is 2.57 bits per heavy atom. The summed E-state index contributed by atoms with van der Waals surface area (Å²) in [7, 11) is 0. The number of halogens is 1. The maximum Gasteiger partial charge on any atom is 0.335 e. The molecule has 0 saturated carbocycles. The first-order valence-corrected chi connectivity index (χ1v) is 13.7. The molecule has 0 bridgehead atoms. The highest BCUT2D eigenvalue weighted by Crippen LogP contribution is 2.27. The van der Waals surface area contributed by atoms with Crippen molar-refractivity contribution in [1.82, 2.24) is 19.4 Å². The summed E-state index contributed by atoms with van der Waals surface area (Å²) in [6.07, 6.45) is 1.03. The summed E-state index contributed by atoms with van der Waals surface area (Å²) in [5.41, 5.74) is 2.36. The first-order valence-electron chi connectivity index (χ1n) is 13.7. The van der Waals surface area contributed by atoms with Crippen LogP contribution in [0.5, 0.6) is 11.5 Å². The summed E-state index contributed by atoms with van der Waals surface area (Å²) < 4.78 is 27.7. The number of aromatic carboxylic acids is 1. The van der Waals surface area contributed by atoms with E-state index in [9.17, 15) is 19.1 Å². The maximum atomic E-state index is 14.3. The lowest BCUT2D eigenvalue weighted by Crippen LogP contribution is -2.48. The summed E-state index contributed by atoms with van der Waals surface area (Å²) in [4.78, 5) is 33.7. The number of hydrogen-bond donors (Lipinski definition) is 1. The first kappa shape index (κ1) is 27.4. The molecule has 214 valence electrons. The molecule has 4 aromatic rings. The van der Waals surface area contributed by atoms with Gasteiger partial charge in [-0.15, -0.1) is 0 Å². The van der Waals surface area contributed by atoms with Gasteiger partial charge in [-0.25, -0.2) is 14.2 Å². The Morgan fingerprint density at radius 1 is 1.07 bits per heavy atom. The molecule has 2 saturated heterocycles. The average molecular weight is 570 g/mol. The molecule has 10 nitrogen and oxygen atoms in total. The Labute approximate surface area is 241 Å². The van der Waals surface area contributed by atoms with Gasteiger partial charge in [0.2, 0.25) is 0 Å². The van der Waals surface area contributed by atoms with Gasteiger partial charge < -0.3 is 24.0 Å². The summed E-state index contributed by atoms with van der Waals surface area (Å²) in [5, 5.41) is 18.4. The van der Waals surface area contributed by atoms with Crippen LogP contribution in [0.3, 0.4) is 0 Å². The number of amides is 1. The molecule has 42 heavy (non-hydrogen) atoms. The van der Waals surface area contributed by atoms with Crippen molar-refractivity contribution < 1.29 is 28.6 Å². The van der Waals surface area contributed by atoms with Crippen molar-refractivity contribution in [2.45, 2.75) is 25.6 Å². The van der Waals surface area contributed by atoms with Crippen LogP contribution < -0.4 is 4.74 Å². The second-order valence-electron chi connectivity index (χ2n) is 10.4. The predicted octanol–water partition coefficient (Wildman–Crippen LogP) is 4.28. The SMILES string of the molecule is N#Cc1ccc(Oc2cccc(C(=O)N3CCN(Cc4nc5ccc(C(=O)O)cc5n4C[C@@H]4CCO4)CC3)c2)c(F)c1. The lowest BCUT2D eigenvalue weighted by Gasteiger charge is -2.35. The quantitative estimate of drug-likeness (QED) is 0.334. The van der Waals surface area contributed by atoms with E-state index in [1.165, 1.54) is 12.1 Å². The van der Waals surface area contributed by atoms with E-state index < -0.39 is 11.8 Å². The Morgan fingerprint density at radius 2 is 1.88 bits per heavy atom. The number of nitriles is 1. The lowest BCUT2D eigenvalue weighted by molar-refractivity contribution is -0.0592. The number of piperazine rings is 1. The van der Waals surface area contributed by atoms with Crippen LogP contribution in [0.15, 0.2) is 60.7 Å². The molecule has 11 heteroatoms. The zero-order valence-electron chi connectivity index (χ0n) is 22.7. The van der Waals surface area contributed by atoms with Gasteiger partial charge in [0.25, 0.3) is 5.91 Å². The van der Waals surface area contributed by atoms with E-state index in [4.69, 9.17) is 19.7 Å². The molecule has 0 unspecified atom stereocenters. The summed E-state index contributed by atoms with van der Waals surface area (Å²) in [5.74, 6) is -0.646. The van der Waals surface area contributed by atoms with E-state index in [1.54, 1.807) is 47.4 Å². The van der Waals surface area contributed by atoms with Gasteiger partial charge in [-0.1, -0.05) is 6.07 Å². The highest BCUT2D eigenvalue weighted by atomic mass is 19.1. The Kier molecular flexibility index (Phi) is 7.56. The van der Waals surface area contributed by atoms with Crippen molar-refractivity contribution in [3.63, 3.8) is 0 Å². The van der Waals surface area contributed by atoms with Gasteiger partial charge in [-0.2, -0.15) is 5.26 Å². The summed E-state index contributed by atoms with van der Waals surface area (Å²) in [6.45, 7) is 4.21. The van der Waals surface area contributed by atoms with Crippen LogP contribution in [0.25, 0.3) is 11.0 Å². The van der Waals surface area contributed by atoms with E-state index in [2.05, 4.69) is 9.47 Å². The number of rotatable bonds is 8. The number of imidazole rings is 1. The second-order valence-corrected chi connectivity index (χ2v) is 10.4. The number of benzene rings is 3. The monoisotopic (exact) mass is 569 g/mol. The minimum Gasteiger partial charge on any atom is -0.478 e.